The summed E-state index contributed by atoms with van der Waals surface area (Å²) >= 11 is 0. The first-order valence-corrected chi connectivity index (χ1v) is 7.91. The number of nitrogens with one attached hydrogen (secondary N) is 1. The number of ether oxygens (including phenoxy) is 3. The molecule has 26 heavy (non-hydrogen) atoms. The van der Waals surface area contributed by atoms with E-state index in [0.717, 1.165) is 17.7 Å². The van der Waals surface area contributed by atoms with Crippen LogP contribution in [0, 0.1) is 6.92 Å². The fourth-order valence-electron chi connectivity index (χ4n) is 2.75. The van der Waals surface area contributed by atoms with E-state index in [0.29, 0.717) is 0 Å². The molecule has 0 bridgehead atoms. The molecule has 0 unspecified atom stereocenters. The zero-order chi connectivity index (χ0) is 19.5. The molecule has 1 aromatic rings. The molecule has 144 valence electrons. The van der Waals surface area contributed by atoms with Crippen LogP contribution in [0.25, 0.3) is 0 Å². The van der Waals surface area contributed by atoms with E-state index >= 15 is 0 Å². The molecule has 0 spiro atoms. The van der Waals surface area contributed by atoms with Gasteiger partial charge < -0.3 is 25.1 Å². The maximum absolute atomic E-state index is 12.7. The highest BCUT2D eigenvalue weighted by Crippen LogP contribution is 2.37. The van der Waals surface area contributed by atoms with Crippen molar-refractivity contribution in [3.8, 4) is 0 Å². The highest BCUT2D eigenvalue weighted by atomic mass is 16.6. The maximum atomic E-state index is 12.7. The van der Waals surface area contributed by atoms with E-state index in [1.807, 2.05) is 0 Å². The van der Waals surface area contributed by atoms with Crippen LogP contribution in [0.5, 0.6) is 0 Å². The number of nitrogens with two attached hydrogens (primary N) is 1. The molecular formula is C15H21N3O8. The number of aromatic nitrogens is 2. The minimum atomic E-state index is -2.02. The van der Waals surface area contributed by atoms with Crippen molar-refractivity contribution in [2.75, 3.05) is 19.8 Å². The molecule has 0 aromatic carbocycles. The van der Waals surface area contributed by atoms with Gasteiger partial charge in [-0.1, -0.05) is 0 Å². The lowest BCUT2D eigenvalue weighted by molar-refractivity contribution is -0.189. The van der Waals surface area contributed by atoms with Crippen molar-refractivity contribution < 1.29 is 28.9 Å². The Bertz CT molecular complexity index is 801. The van der Waals surface area contributed by atoms with Gasteiger partial charge >= 0.3 is 17.6 Å². The molecule has 2 heterocycles. The molecular weight excluding hydrogens is 350 g/mol. The molecule has 1 fully saturated rings. The maximum Gasteiger partial charge on any atom is 0.360 e. The number of carbonyl (C=O) groups is 2. The Morgan fingerprint density at radius 2 is 2.19 bits per heavy atom. The number of hydrogen-bond acceptors (Lipinski definition) is 9. The molecule has 1 aliphatic heterocycles. The Morgan fingerprint density at radius 3 is 2.77 bits per heavy atom. The quantitative estimate of drug-likeness (QED) is 0.467. The van der Waals surface area contributed by atoms with Crippen molar-refractivity contribution in [3.63, 3.8) is 0 Å². The Hall–Kier alpha value is -2.50. The number of esters is 2. The van der Waals surface area contributed by atoms with E-state index in [1.165, 1.54) is 6.92 Å². The molecule has 0 radical (unpaired) electrons. The van der Waals surface area contributed by atoms with Crippen molar-refractivity contribution in [2.24, 2.45) is 5.73 Å². The fraction of sp³-hybridized carbons (Fsp3) is 0.600. The number of aliphatic hydroxyl groups is 1. The summed E-state index contributed by atoms with van der Waals surface area (Å²) in [6, 6.07) is 0. The smallest absolute Gasteiger partial charge is 0.360 e. The first-order chi connectivity index (χ1) is 12.2. The molecule has 2 rings (SSSR count). The predicted molar refractivity (Wildman–Crippen MR) is 86.2 cm³/mol. The largest absolute Gasteiger partial charge is 0.461 e. The number of aromatic amines is 1. The minimum absolute atomic E-state index is 0.0399. The molecule has 3 atom stereocenters. The summed E-state index contributed by atoms with van der Waals surface area (Å²) in [5.41, 5.74) is 1.93. The lowest BCUT2D eigenvalue weighted by atomic mass is 10.1. The van der Waals surface area contributed by atoms with E-state index in [2.05, 4.69) is 4.98 Å². The molecule has 1 aliphatic rings. The predicted octanol–water partition coefficient (Wildman–Crippen LogP) is -2.29. The highest BCUT2D eigenvalue weighted by molar-refractivity contribution is 5.78. The summed E-state index contributed by atoms with van der Waals surface area (Å²) in [6.45, 7) is 1.94. The van der Waals surface area contributed by atoms with Crippen LogP contribution in [0.2, 0.25) is 0 Å². The SMILES string of the molecule is CC(=O)O[C@H]1C[C@](C(=O)OCCN)(n2cc(C)c(=O)[nH]c2=O)O[C@@H]1CO. The summed E-state index contributed by atoms with van der Waals surface area (Å²) in [6.07, 6.45) is -1.20. The van der Waals surface area contributed by atoms with Crippen LogP contribution in [0.3, 0.4) is 0 Å². The summed E-state index contributed by atoms with van der Waals surface area (Å²) in [5.74, 6) is -1.60. The van der Waals surface area contributed by atoms with Crippen LogP contribution >= 0.6 is 0 Å². The van der Waals surface area contributed by atoms with Gasteiger partial charge in [-0.05, 0) is 6.92 Å². The lowest BCUT2D eigenvalue weighted by Gasteiger charge is -2.28. The zero-order valence-electron chi connectivity index (χ0n) is 14.4. The topological polar surface area (TPSA) is 163 Å². The highest BCUT2D eigenvalue weighted by Gasteiger charge is 2.56. The van der Waals surface area contributed by atoms with Crippen LogP contribution in [0.15, 0.2) is 15.8 Å². The summed E-state index contributed by atoms with van der Waals surface area (Å²) in [4.78, 5) is 50.0. The van der Waals surface area contributed by atoms with Gasteiger partial charge in [-0.2, -0.15) is 0 Å². The van der Waals surface area contributed by atoms with Crippen LogP contribution in [0.1, 0.15) is 18.9 Å². The van der Waals surface area contributed by atoms with Gasteiger partial charge in [0.05, 0.1) is 6.61 Å². The van der Waals surface area contributed by atoms with E-state index in [-0.39, 0.29) is 25.1 Å². The number of aliphatic hydroxyl groups excluding tert-OH is 1. The van der Waals surface area contributed by atoms with Crippen LogP contribution in [0.4, 0.5) is 0 Å². The number of H-pyrrole nitrogens is 1. The normalized spacial score (nSPS) is 25.1. The summed E-state index contributed by atoms with van der Waals surface area (Å²) in [7, 11) is 0. The average molecular weight is 371 g/mol. The van der Waals surface area contributed by atoms with E-state index in [4.69, 9.17) is 19.9 Å². The Kier molecular flexibility index (Phi) is 5.95. The third-order valence-electron chi connectivity index (χ3n) is 3.92. The van der Waals surface area contributed by atoms with Gasteiger partial charge in [-0.15, -0.1) is 0 Å². The second-order valence-electron chi connectivity index (χ2n) is 5.84. The number of carbonyl (C=O) groups excluding carboxylic acids is 2. The zero-order valence-corrected chi connectivity index (χ0v) is 14.4. The number of nitrogens with zero attached hydrogens (tertiary/aromatic N) is 1. The van der Waals surface area contributed by atoms with Gasteiger partial charge in [0.15, 0.2) is 0 Å². The fourth-order valence-corrected chi connectivity index (χ4v) is 2.75. The molecule has 0 amide bonds. The Labute approximate surface area is 147 Å². The van der Waals surface area contributed by atoms with Crippen molar-refractivity contribution in [3.05, 3.63) is 32.6 Å². The number of hydrogen-bond donors (Lipinski definition) is 3. The van der Waals surface area contributed by atoms with Crippen LogP contribution in [-0.2, 0) is 29.5 Å². The average Bonchev–Trinajstić information content (AvgIpc) is 2.94. The number of aryl methyl sites for hydroxylation is 1. The summed E-state index contributed by atoms with van der Waals surface area (Å²) in [5, 5.41) is 9.52. The van der Waals surface area contributed by atoms with Crippen LogP contribution < -0.4 is 17.0 Å². The van der Waals surface area contributed by atoms with Gasteiger partial charge in [0, 0.05) is 31.6 Å². The molecule has 11 heteroatoms. The van der Waals surface area contributed by atoms with E-state index < -0.39 is 47.7 Å². The van der Waals surface area contributed by atoms with Crippen molar-refractivity contribution in [1.29, 1.82) is 0 Å². The molecule has 1 aromatic heterocycles. The minimum Gasteiger partial charge on any atom is -0.461 e. The van der Waals surface area contributed by atoms with Gasteiger partial charge in [-0.3, -0.25) is 19.1 Å². The van der Waals surface area contributed by atoms with Gasteiger partial charge in [0.25, 0.3) is 11.3 Å². The number of rotatable bonds is 6. The Balaban J connectivity index is 2.56. The van der Waals surface area contributed by atoms with Crippen molar-refractivity contribution in [1.82, 2.24) is 9.55 Å². The summed E-state index contributed by atoms with van der Waals surface area (Å²) < 4.78 is 16.6. The molecule has 1 saturated heterocycles. The van der Waals surface area contributed by atoms with Crippen molar-refractivity contribution in [2.45, 2.75) is 38.2 Å². The van der Waals surface area contributed by atoms with Gasteiger partial charge in [-0.25, -0.2) is 9.59 Å². The van der Waals surface area contributed by atoms with Crippen molar-refractivity contribution >= 4 is 11.9 Å². The second-order valence-corrected chi connectivity index (χ2v) is 5.84. The van der Waals surface area contributed by atoms with Gasteiger partial charge in [0.2, 0.25) is 0 Å². The van der Waals surface area contributed by atoms with Gasteiger partial charge in [0.1, 0.15) is 18.8 Å². The lowest BCUT2D eigenvalue weighted by Crippen LogP contribution is -2.51. The second kappa shape index (κ2) is 7.81. The van der Waals surface area contributed by atoms with E-state index in [1.54, 1.807) is 0 Å². The standard InChI is InChI=1S/C15H21N3O8/c1-8-6-18(14(23)17-12(8)21)15(13(22)24-4-3-16)5-10(25-9(2)20)11(7-19)26-15/h6,10-11,19H,3-5,7,16H2,1-2H3,(H,17,21,23)/t10-,11+,15-/m0/s1. The molecule has 11 nitrogen and oxygen atoms in total. The Morgan fingerprint density at radius 1 is 1.50 bits per heavy atom. The molecule has 0 aliphatic carbocycles. The molecule has 0 saturated carbocycles. The monoisotopic (exact) mass is 371 g/mol. The first kappa shape index (κ1) is 19.8. The van der Waals surface area contributed by atoms with E-state index in [9.17, 15) is 24.3 Å². The first-order valence-electron chi connectivity index (χ1n) is 7.91. The van der Waals surface area contributed by atoms with Crippen LogP contribution in [-0.4, -0.2) is 58.6 Å². The third-order valence-corrected chi connectivity index (χ3v) is 3.92. The third kappa shape index (κ3) is 3.69. The molecule has 4 N–H and O–H groups in total.